The van der Waals surface area contributed by atoms with Gasteiger partial charge in [0.25, 0.3) is 0 Å². The van der Waals surface area contributed by atoms with Crippen molar-refractivity contribution in [3.8, 4) is 11.5 Å². The molecule has 0 saturated heterocycles. The quantitative estimate of drug-likeness (QED) is 0.0812. The number of aryl methyl sites for hydroxylation is 2. The molecule has 0 saturated carbocycles. The molecule has 0 bridgehead atoms. The van der Waals surface area contributed by atoms with Crippen LogP contribution in [0.4, 0.5) is 0 Å². The van der Waals surface area contributed by atoms with E-state index in [2.05, 4.69) is 112 Å². The molecule has 0 N–H and O–H groups in total. The lowest BCUT2D eigenvalue weighted by molar-refractivity contribution is 0.309. The van der Waals surface area contributed by atoms with Crippen LogP contribution in [0.3, 0.4) is 0 Å². The summed E-state index contributed by atoms with van der Waals surface area (Å²) in [6, 6.07) is 9.62. The molecular weight excluding hydrogens is 705 g/mol. The predicted octanol–water partition coefficient (Wildman–Crippen LogP) is 12.2. The van der Waals surface area contributed by atoms with Crippen LogP contribution >= 0.6 is 72.3 Å². The van der Waals surface area contributed by atoms with Crippen LogP contribution in [0.15, 0.2) is 24.3 Å². The van der Waals surface area contributed by atoms with Gasteiger partial charge >= 0.3 is 0 Å². The maximum atomic E-state index is 6.53. The van der Waals surface area contributed by atoms with Crippen molar-refractivity contribution in [2.75, 3.05) is 70.7 Å². The maximum absolute atomic E-state index is 6.53. The normalized spacial score (nSPS) is 12.2. The Balaban J connectivity index is 2.26. The van der Waals surface area contributed by atoms with Gasteiger partial charge in [0.15, 0.2) is 0 Å². The highest BCUT2D eigenvalue weighted by Crippen LogP contribution is 2.43. The molecule has 0 unspecified atom stereocenters. The highest BCUT2D eigenvalue weighted by molar-refractivity contribution is 8.03. The lowest BCUT2D eigenvalue weighted by Gasteiger charge is -2.30. The number of benzene rings is 2. The largest absolute Gasteiger partial charge is 0.493 e. The first-order valence-corrected chi connectivity index (χ1v) is 23.8. The minimum Gasteiger partial charge on any atom is -0.493 e. The standard InChI is InChI=1S/C40H66O2S6/c1-10-13-32(33-28-35(39(4,5)6)37(26-30(33)2)41-14-11-18-45-22-24-47-20-16-43)34-29-36(40(7,8)9)38(27-31(34)3)42-15-12-19-46-23-25-48-21-17-44/h26-29,32,43-44H,10-25H2,1-9H3. The number of thiol groups is 2. The second-order valence-electron chi connectivity index (χ2n) is 14.6. The zero-order chi connectivity index (χ0) is 35.6. The van der Waals surface area contributed by atoms with Crippen molar-refractivity contribution in [3.63, 3.8) is 0 Å². The van der Waals surface area contributed by atoms with E-state index in [9.17, 15) is 0 Å². The molecule has 0 aromatic heterocycles. The molecule has 0 spiro atoms. The Morgan fingerprint density at radius 2 is 0.958 bits per heavy atom. The molecule has 2 rings (SSSR count). The van der Waals surface area contributed by atoms with Crippen molar-refractivity contribution in [1.29, 1.82) is 0 Å². The molecule has 0 amide bonds. The van der Waals surface area contributed by atoms with Crippen LogP contribution < -0.4 is 9.47 Å². The molecule has 0 atom stereocenters. The molecule has 2 nitrogen and oxygen atoms in total. The Morgan fingerprint density at radius 3 is 1.29 bits per heavy atom. The van der Waals surface area contributed by atoms with E-state index in [1.807, 2.05) is 47.0 Å². The van der Waals surface area contributed by atoms with Crippen LogP contribution in [0.2, 0.25) is 0 Å². The molecule has 2 aromatic rings. The van der Waals surface area contributed by atoms with Crippen LogP contribution in [-0.2, 0) is 10.8 Å². The molecule has 0 aliphatic heterocycles. The van der Waals surface area contributed by atoms with Crippen molar-refractivity contribution < 1.29 is 9.47 Å². The minimum atomic E-state index is -0.0135. The van der Waals surface area contributed by atoms with Crippen LogP contribution in [0, 0.1) is 13.8 Å². The third kappa shape index (κ3) is 15.8. The van der Waals surface area contributed by atoms with E-state index < -0.39 is 0 Å². The van der Waals surface area contributed by atoms with E-state index in [1.165, 1.54) is 56.4 Å². The molecule has 0 fully saturated rings. The van der Waals surface area contributed by atoms with Gasteiger partial charge in [-0.2, -0.15) is 72.3 Å². The van der Waals surface area contributed by atoms with Gasteiger partial charge in [0.1, 0.15) is 11.5 Å². The summed E-state index contributed by atoms with van der Waals surface area (Å²) in [6.07, 6.45) is 4.39. The fourth-order valence-corrected chi connectivity index (χ4v) is 10.2. The van der Waals surface area contributed by atoms with Gasteiger partial charge < -0.3 is 9.47 Å². The molecule has 48 heavy (non-hydrogen) atoms. The van der Waals surface area contributed by atoms with Crippen LogP contribution in [-0.4, -0.2) is 70.7 Å². The van der Waals surface area contributed by atoms with Crippen molar-refractivity contribution in [2.45, 2.75) is 105 Å². The SMILES string of the molecule is CCCC(c1cc(C(C)(C)C)c(OCCCSCCSCCS)cc1C)c1cc(C(C)(C)C)c(OCCCSCCSCCS)cc1C. The van der Waals surface area contributed by atoms with E-state index in [0.29, 0.717) is 5.92 Å². The Kier molecular flexibility index (Phi) is 21.8. The number of hydrogen-bond donors (Lipinski definition) is 2. The highest BCUT2D eigenvalue weighted by atomic mass is 32.2. The zero-order valence-electron chi connectivity index (χ0n) is 31.5. The van der Waals surface area contributed by atoms with Gasteiger partial charge in [-0.05, 0) is 112 Å². The highest BCUT2D eigenvalue weighted by Gasteiger charge is 2.28. The third-order valence-electron chi connectivity index (χ3n) is 8.28. The fourth-order valence-electron chi connectivity index (χ4n) is 5.78. The number of thioether (sulfide) groups is 4. The van der Waals surface area contributed by atoms with E-state index in [-0.39, 0.29) is 10.8 Å². The Bertz CT molecular complexity index is 1100. The Labute approximate surface area is 324 Å². The smallest absolute Gasteiger partial charge is 0.123 e. The summed E-state index contributed by atoms with van der Waals surface area (Å²) in [5, 5.41) is 0. The molecule has 2 aromatic carbocycles. The topological polar surface area (TPSA) is 18.5 Å². The van der Waals surface area contributed by atoms with Crippen molar-refractivity contribution in [2.24, 2.45) is 0 Å². The molecular formula is C40H66O2S6. The summed E-state index contributed by atoms with van der Waals surface area (Å²) in [5.41, 5.74) is 8.12. The Hall–Kier alpha value is 0.140. The number of hydrogen-bond acceptors (Lipinski definition) is 8. The molecule has 0 aliphatic carbocycles. The van der Waals surface area contributed by atoms with E-state index in [1.54, 1.807) is 0 Å². The lowest BCUT2D eigenvalue weighted by Crippen LogP contribution is -2.18. The average molecular weight is 771 g/mol. The third-order valence-corrected chi connectivity index (χ3v) is 14.0. The van der Waals surface area contributed by atoms with Gasteiger partial charge in [-0.15, -0.1) is 0 Å². The molecule has 0 heterocycles. The average Bonchev–Trinajstić information content (AvgIpc) is 3.01. The van der Waals surface area contributed by atoms with E-state index in [0.717, 1.165) is 84.9 Å². The van der Waals surface area contributed by atoms with Crippen molar-refractivity contribution in [3.05, 3.63) is 57.6 Å². The first-order chi connectivity index (χ1) is 22.8. The van der Waals surface area contributed by atoms with E-state index >= 15 is 0 Å². The minimum absolute atomic E-state index is 0.0135. The Morgan fingerprint density at radius 1 is 0.583 bits per heavy atom. The first-order valence-electron chi connectivity index (χ1n) is 17.9. The molecule has 274 valence electrons. The van der Waals surface area contributed by atoms with Gasteiger partial charge in [-0.1, -0.05) is 67.0 Å². The maximum Gasteiger partial charge on any atom is 0.123 e. The van der Waals surface area contributed by atoms with Crippen LogP contribution in [0.25, 0.3) is 0 Å². The lowest BCUT2D eigenvalue weighted by atomic mass is 9.76. The van der Waals surface area contributed by atoms with Gasteiger partial charge in [0, 0.05) is 40.4 Å². The monoisotopic (exact) mass is 770 g/mol. The number of rotatable bonds is 24. The van der Waals surface area contributed by atoms with Gasteiger partial charge in [-0.3, -0.25) is 0 Å². The molecule has 8 heteroatoms. The molecule has 0 radical (unpaired) electrons. The van der Waals surface area contributed by atoms with Crippen LogP contribution in [0.5, 0.6) is 11.5 Å². The van der Waals surface area contributed by atoms with Gasteiger partial charge in [0.2, 0.25) is 0 Å². The second-order valence-corrected chi connectivity index (χ2v) is 20.3. The van der Waals surface area contributed by atoms with Gasteiger partial charge in [0.05, 0.1) is 13.2 Å². The van der Waals surface area contributed by atoms with Crippen molar-refractivity contribution in [1.82, 2.24) is 0 Å². The fraction of sp³-hybridized carbons (Fsp3) is 0.700. The summed E-state index contributed by atoms with van der Waals surface area (Å²) >= 11 is 16.7. The van der Waals surface area contributed by atoms with E-state index in [4.69, 9.17) is 9.47 Å². The summed E-state index contributed by atoms with van der Waals surface area (Å²) in [6.45, 7) is 22.3. The first kappa shape index (κ1) is 44.3. The molecule has 0 aliphatic rings. The predicted molar refractivity (Wildman–Crippen MR) is 234 cm³/mol. The zero-order valence-corrected chi connectivity index (χ0v) is 36.6. The summed E-state index contributed by atoms with van der Waals surface area (Å²) < 4.78 is 13.1. The number of ether oxygens (including phenoxy) is 2. The van der Waals surface area contributed by atoms with Gasteiger partial charge in [-0.25, -0.2) is 0 Å². The summed E-state index contributed by atoms with van der Waals surface area (Å²) in [7, 11) is 0. The van der Waals surface area contributed by atoms with Crippen LogP contribution in [0.1, 0.15) is 113 Å². The summed E-state index contributed by atoms with van der Waals surface area (Å²) in [4.78, 5) is 0. The van der Waals surface area contributed by atoms with Crippen molar-refractivity contribution >= 4 is 72.3 Å². The second kappa shape index (κ2) is 23.7. The summed E-state index contributed by atoms with van der Waals surface area (Å²) in [5.74, 6) is 13.8.